The van der Waals surface area contributed by atoms with Crippen LogP contribution >= 0.6 is 11.8 Å². The number of thioether (sulfide) groups is 1. The summed E-state index contributed by atoms with van der Waals surface area (Å²) >= 11 is 1.88. The third kappa shape index (κ3) is 4.62. The summed E-state index contributed by atoms with van der Waals surface area (Å²) in [7, 11) is 0. The molecule has 0 bridgehead atoms. The van der Waals surface area contributed by atoms with Crippen molar-refractivity contribution in [2.75, 3.05) is 17.3 Å². The van der Waals surface area contributed by atoms with Crippen LogP contribution < -0.4 is 5.32 Å². The van der Waals surface area contributed by atoms with Crippen molar-refractivity contribution >= 4 is 17.7 Å². The van der Waals surface area contributed by atoms with Crippen LogP contribution in [0.1, 0.15) is 38.8 Å². The zero-order valence-electron chi connectivity index (χ0n) is 11.5. The van der Waals surface area contributed by atoms with E-state index >= 15 is 0 Å². The predicted octanol–water partition coefficient (Wildman–Crippen LogP) is 3.55. The van der Waals surface area contributed by atoms with E-state index in [-0.39, 0.29) is 0 Å². The van der Waals surface area contributed by atoms with E-state index in [9.17, 15) is 0 Å². The van der Waals surface area contributed by atoms with Gasteiger partial charge < -0.3 is 9.88 Å². The summed E-state index contributed by atoms with van der Waals surface area (Å²) in [5, 5.41) is 3.56. The molecular weight excluding hydrogens is 230 g/mol. The van der Waals surface area contributed by atoms with Crippen LogP contribution in [0.2, 0.25) is 0 Å². The molecule has 0 aliphatic carbocycles. The molecule has 1 heterocycles. The summed E-state index contributed by atoms with van der Waals surface area (Å²) in [5.41, 5.74) is 1.10. The molecule has 1 N–H and O–H groups in total. The average Bonchev–Trinajstić information content (AvgIpc) is 2.66. The van der Waals surface area contributed by atoms with Gasteiger partial charge in [0.15, 0.2) is 0 Å². The van der Waals surface area contributed by atoms with Crippen molar-refractivity contribution in [3.63, 3.8) is 0 Å². The fraction of sp³-hybridized carbons (Fsp3) is 0.769. The maximum absolute atomic E-state index is 4.58. The summed E-state index contributed by atoms with van der Waals surface area (Å²) in [6.45, 7) is 7.57. The molecule has 0 aliphatic rings. The van der Waals surface area contributed by atoms with Gasteiger partial charge in [-0.2, -0.15) is 11.8 Å². The molecule has 0 amide bonds. The van der Waals surface area contributed by atoms with Gasteiger partial charge in [-0.05, 0) is 26.0 Å². The largest absolute Gasteiger partial charge is 0.352 e. The normalized spacial score (nSPS) is 12.7. The van der Waals surface area contributed by atoms with Crippen molar-refractivity contribution in [2.45, 2.75) is 52.6 Å². The Morgan fingerprint density at radius 2 is 2.24 bits per heavy atom. The van der Waals surface area contributed by atoms with Crippen molar-refractivity contribution in [3.8, 4) is 0 Å². The van der Waals surface area contributed by atoms with E-state index in [1.54, 1.807) is 0 Å². The van der Waals surface area contributed by atoms with E-state index in [1.165, 1.54) is 12.8 Å². The molecule has 4 heteroatoms. The number of anilines is 1. The molecule has 0 saturated carbocycles. The Morgan fingerprint density at radius 3 is 2.82 bits per heavy atom. The Bertz CT molecular complexity index is 322. The van der Waals surface area contributed by atoms with Gasteiger partial charge in [0, 0.05) is 24.5 Å². The molecule has 0 radical (unpaired) electrons. The maximum Gasteiger partial charge on any atom is 0.203 e. The molecule has 1 aromatic rings. The number of aryl methyl sites for hydroxylation is 2. The van der Waals surface area contributed by atoms with Crippen LogP contribution in [0.5, 0.6) is 0 Å². The van der Waals surface area contributed by atoms with Gasteiger partial charge in [-0.15, -0.1) is 0 Å². The van der Waals surface area contributed by atoms with Crippen LogP contribution in [0.3, 0.4) is 0 Å². The molecule has 1 unspecified atom stereocenters. The lowest BCUT2D eigenvalue weighted by atomic mass is 10.3. The van der Waals surface area contributed by atoms with Crippen molar-refractivity contribution in [3.05, 3.63) is 11.9 Å². The molecule has 1 atom stereocenters. The van der Waals surface area contributed by atoms with E-state index in [0.717, 1.165) is 30.4 Å². The third-order valence-corrected chi connectivity index (χ3v) is 3.58. The standard InChI is InChI=1S/C13H25N3S/c1-5-7-8-16-9-11(3)14-13(16)15-12(6-2)10-17-4/h9,12H,5-8,10H2,1-4H3,(H,14,15). The van der Waals surface area contributed by atoms with Crippen LogP contribution in [-0.2, 0) is 6.54 Å². The Kier molecular flexibility index (Phi) is 6.48. The Morgan fingerprint density at radius 1 is 1.47 bits per heavy atom. The number of hydrogen-bond acceptors (Lipinski definition) is 3. The third-order valence-electron chi connectivity index (χ3n) is 2.84. The zero-order chi connectivity index (χ0) is 12.7. The minimum Gasteiger partial charge on any atom is -0.352 e. The highest BCUT2D eigenvalue weighted by atomic mass is 32.2. The number of aromatic nitrogens is 2. The van der Waals surface area contributed by atoms with Crippen molar-refractivity contribution in [2.24, 2.45) is 0 Å². The van der Waals surface area contributed by atoms with Crippen LogP contribution in [0, 0.1) is 6.92 Å². The van der Waals surface area contributed by atoms with Gasteiger partial charge in [-0.1, -0.05) is 20.3 Å². The molecule has 1 rings (SSSR count). The molecule has 0 fully saturated rings. The zero-order valence-corrected chi connectivity index (χ0v) is 12.3. The van der Waals surface area contributed by atoms with Crippen LogP contribution in [0.4, 0.5) is 5.95 Å². The second kappa shape index (κ2) is 7.64. The van der Waals surface area contributed by atoms with Crippen LogP contribution in [-0.4, -0.2) is 27.6 Å². The monoisotopic (exact) mass is 255 g/mol. The number of nitrogens with one attached hydrogen (secondary N) is 1. The summed E-state index contributed by atoms with van der Waals surface area (Å²) in [5.74, 6) is 2.17. The van der Waals surface area contributed by atoms with Gasteiger partial charge in [0.05, 0.1) is 5.69 Å². The van der Waals surface area contributed by atoms with Crippen molar-refractivity contribution < 1.29 is 0 Å². The number of nitrogens with zero attached hydrogens (tertiary/aromatic N) is 2. The molecule has 0 aliphatic heterocycles. The van der Waals surface area contributed by atoms with Gasteiger partial charge in [0.25, 0.3) is 0 Å². The summed E-state index contributed by atoms with van der Waals surface area (Å²) in [6.07, 6.45) is 7.87. The average molecular weight is 255 g/mol. The first kappa shape index (κ1) is 14.4. The minimum atomic E-state index is 0.521. The molecular formula is C13H25N3S. The second-order valence-corrected chi connectivity index (χ2v) is 5.37. The fourth-order valence-electron chi connectivity index (χ4n) is 1.81. The van der Waals surface area contributed by atoms with Gasteiger partial charge >= 0.3 is 0 Å². The fourth-order valence-corrected chi connectivity index (χ4v) is 2.53. The molecule has 0 spiro atoms. The van der Waals surface area contributed by atoms with E-state index in [1.807, 2.05) is 11.8 Å². The quantitative estimate of drug-likeness (QED) is 0.770. The highest BCUT2D eigenvalue weighted by molar-refractivity contribution is 7.98. The molecule has 1 aromatic heterocycles. The number of rotatable bonds is 8. The van der Waals surface area contributed by atoms with Crippen molar-refractivity contribution in [1.29, 1.82) is 0 Å². The van der Waals surface area contributed by atoms with Crippen LogP contribution in [0.25, 0.3) is 0 Å². The SMILES string of the molecule is CCCCn1cc(C)nc1NC(CC)CSC. The Balaban J connectivity index is 2.67. The first-order valence-corrected chi connectivity index (χ1v) is 7.89. The van der Waals surface area contributed by atoms with Crippen molar-refractivity contribution in [1.82, 2.24) is 9.55 Å². The van der Waals surface area contributed by atoms with Gasteiger partial charge in [-0.25, -0.2) is 4.98 Å². The highest BCUT2D eigenvalue weighted by Gasteiger charge is 2.10. The topological polar surface area (TPSA) is 29.9 Å². The second-order valence-electron chi connectivity index (χ2n) is 4.46. The maximum atomic E-state index is 4.58. The molecule has 0 aromatic carbocycles. The smallest absolute Gasteiger partial charge is 0.203 e. The number of imidazole rings is 1. The van der Waals surface area contributed by atoms with Gasteiger partial charge in [0.2, 0.25) is 5.95 Å². The van der Waals surface area contributed by atoms with Gasteiger partial charge in [-0.3, -0.25) is 0 Å². The molecule has 3 nitrogen and oxygen atoms in total. The number of unbranched alkanes of at least 4 members (excludes halogenated alkanes) is 1. The lowest BCUT2D eigenvalue weighted by Gasteiger charge is -2.17. The van der Waals surface area contributed by atoms with Gasteiger partial charge in [0.1, 0.15) is 0 Å². The lowest BCUT2D eigenvalue weighted by molar-refractivity contribution is 0.627. The van der Waals surface area contributed by atoms with E-state index in [4.69, 9.17) is 0 Å². The first-order chi connectivity index (χ1) is 8.21. The predicted molar refractivity (Wildman–Crippen MR) is 78.0 cm³/mol. The molecule has 98 valence electrons. The molecule has 0 saturated heterocycles. The summed E-state index contributed by atoms with van der Waals surface area (Å²) < 4.78 is 2.25. The number of hydrogen-bond donors (Lipinski definition) is 1. The van der Waals surface area contributed by atoms with E-state index in [0.29, 0.717) is 6.04 Å². The Labute approximate surface area is 109 Å². The van der Waals surface area contributed by atoms with Crippen LogP contribution in [0.15, 0.2) is 6.20 Å². The summed E-state index contributed by atoms with van der Waals surface area (Å²) in [4.78, 5) is 4.58. The highest BCUT2D eigenvalue weighted by Crippen LogP contribution is 2.14. The minimum absolute atomic E-state index is 0.521. The Hall–Kier alpha value is -0.640. The lowest BCUT2D eigenvalue weighted by Crippen LogP contribution is -2.23. The summed E-state index contributed by atoms with van der Waals surface area (Å²) in [6, 6.07) is 0.521. The first-order valence-electron chi connectivity index (χ1n) is 6.50. The molecule has 17 heavy (non-hydrogen) atoms. The van der Waals surface area contributed by atoms with E-state index < -0.39 is 0 Å². The van der Waals surface area contributed by atoms with E-state index in [2.05, 4.69) is 48.1 Å².